The predicted octanol–water partition coefficient (Wildman–Crippen LogP) is 3.96. The lowest BCUT2D eigenvalue weighted by Gasteiger charge is -2.14. The summed E-state index contributed by atoms with van der Waals surface area (Å²) in [5.41, 5.74) is 2.87. The molecule has 1 aromatic carbocycles. The fraction of sp³-hybridized carbons (Fsp3) is 0.364. The Morgan fingerprint density at radius 3 is 2.76 bits per heavy atom. The zero-order chi connectivity index (χ0) is 21.1. The zero-order valence-corrected chi connectivity index (χ0v) is 17.5. The van der Waals surface area contributed by atoms with Gasteiger partial charge in [0.1, 0.15) is 17.7 Å². The third-order valence-corrected chi connectivity index (χ3v) is 4.84. The van der Waals surface area contributed by atoms with Crippen molar-refractivity contribution >= 4 is 22.9 Å². The van der Waals surface area contributed by atoms with Crippen molar-refractivity contribution in [3.63, 3.8) is 0 Å². The van der Waals surface area contributed by atoms with Gasteiger partial charge in [-0.25, -0.2) is 4.79 Å². The van der Waals surface area contributed by atoms with Crippen LogP contribution in [0.5, 0.6) is 5.75 Å². The molecule has 29 heavy (non-hydrogen) atoms. The van der Waals surface area contributed by atoms with Gasteiger partial charge in [-0.15, -0.1) is 0 Å². The van der Waals surface area contributed by atoms with Gasteiger partial charge in [-0.3, -0.25) is 4.68 Å². The van der Waals surface area contributed by atoms with Crippen LogP contribution in [0.2, 0.25) is 0 Å². The van der Waals surface area contributed by atoms with Crippen molar-refractivity contribution in [2.45, 2.75) is 33.3 Å². The molecule has 3 aromatic rings. The van der Waals surface area contributed by atoms with Crippen molar-refractivity contribution in [3.8, 4) is 11.6 Å². The van der Waals surface area contributed by atoms with Crippen LogP contribution in [0.1, 0.15) is 31.5 Å². The van der Waals surface area contributed by atoms with Crippen LogP contribution in [0, 0.1) is 6.92 Å². The first-order valence-corrected chi connectivity index (χ1v) is 9.60. The van der Waals surface area contributed by atoms with Gasteiger partial charge in [0.05, 0.1) is 17.8 Å². The maximum Gasteiger partial charge on any atom is 0.331 e. The summed E-state index contributed by atoms with van der Waals surface area (Å²) in [7, 11) is 3.51. The van der Waals surface area contributed by atoms with E-state index in [0.29, 0.717) is 18.6 Å². The van der Waals surface area contributed by atoms with Crippen molar-refractivity contribution in [1.29, 1.82) is 0 Å². The molecule has 1 unspecified atom stereocenters. The molecule has 0 radical (unpaired) electrons. The molecular weight excluding hydrogens is 370 g/mol. The molecule has 2 heterocycles. The molecule has 0 fully saturated rings. The number of methoxy groups -OCH3 is 1. The lowest BCUT2D eigenvalue weighted by Crippen LogP contribution is -2.17. The predicted molar refractivity (Wildman–Crippen MR) is 113 cm³/mol. The van der Waals surface area contributed by atoms with E-state index in [-0.39, 0.29) is 6.10 Å². The number of aliphatic carboxylic acids is 1. The Kier molecular flexibility index (Phi) is 6.08. The Morgan fingerprint density at radius 1 is 1.34 bits per heavy atom. The van der Waals surface area contributed by atoms with E-state index < -0.39 is 5.97 Å². The highest BCUT2D eigenvalue weighted by Crippen LogP contribution is 2.29. The second kappa shape index (κ2) is 8.53. The van der Waals surface area contributed by atoms with Crippen molar-refractivity contribution in [1.82, 2.24) is 14.3 Å². The first-order chi connectivity index (χ1) is 13.8. The van der Waals surface area contributed by atoms with E-state index in [1.54, 1.807) is 17.9 Å². The first-order valence-electron chi connectivity index (χ1n) is 9.60. The Balaban J connectivity index is 2.13. The average Bonchev–Trinajstić information content (AvgIpc) is 3.19. The van der Waals surface area contributed by atoms with Crippen molar-refractivity contribution < 1.29 is 19.4 Å². The fourth-order valence-corrected chi connectivity index (χ4v) is 3.47. The van der Waals surface area contributed by atoms with Gasteiger partial charge in [-0.05, 0) is 44.5 Å². The van der Waals surface area contributed by atoms with E-state index in [4.69, 9.17) is 9.47 Å². The summed E-state index contributed by atoms with van der Waals surface area (Å²) in [5.74, 6) is 0.645. The summed E-state index contributed by atoms with van der Waals surface area (Å²) >= 11 is 0. The molecule has 2 aromatic heterocycles. The van der Waals surface area contributed by atoms with E-state index in [0.717, 1.165) is 33.7 Å². The van der Waals surface area contributed by atoms with E-state index in [1.165, 1.54) is 0 Å². The monoisotopic (exact) mass is 397 g/mol. The highest BCUT2D eigenvalue weighted by molar-refractivity contribution is 5.93. The van der Waals surface area contributed by atoms with E-state index in [9.17, 15) is 9.90 Å². The van der Waals surface area contributed by atoms with Gasteiger partial charge in [0.2, 0.25) is 0 Å². The molecule has 154 valence electrons. The maximum absolute atomic E-state index is 11.5. The van der Waals surface area contributed by atoms with Crippen LogP contribution in [-0.4, -0.2) is 45.2 Å². The molecule has 0 aliphatic rings. The number of carboxylic acids is 1. The SMILES string of the molecule is CC/C(=C\c1c(C)nn(C)c1-n1ccc2ccc(OC(C)COC)cc21)C(=O)O. The number of carboxylic acid groups (broad SMARTS) is 1. The molecule has 7 nitrogen and oxygen atoms in total. The summed E-state index contributed by atoms with van der Waals surface area (Å²) in [5, 5.41) is 15.0. The molecule has 3 rings (SSSR count). The van der Waals surface area contributed by atoms with Crippen molar-refractivity contribution in [3.05, 3.63) is 47.3 Å². The lowest BCUT2D eigenvalue weighted by molar-refractivity contribution is -0.132. The topological polar surface area (TPSA) is 78.5 Å². The minimum Gasteiger partial charge on any atom is -0.488 e. The van der Waals surface area contributed by atoms with Gasteiger partial charge in [0, 0.05) is 42.9 Å². The van der Waals surface area contributed by atoms with Gasteiger partial charge < -0.3 is 19.1 Å². The molecule has 0 aliphatic heterocycles. The third-order valence-electron chi connectivity index (χ3n) is 4.84. The minimum absolute atomic E-state index is 0.0685. The summed E-state index contributed by atoms with van der Waals surface area (Å²) < 4.78 is 14.9. The Hall–Kier alpha value is -3.06. The quantitative estimate of drug-likeness (QED) is 0.582. The van der Waals surface area contributed by atoms with Gasteiger partial charge in [0.25, 0.3) is 0 Å². The van der Waals surface area contributed by atoms with Crippen LogP contribution < -0.4 is 4.74 Å². The molecule has 0 saturated carbocycles. The Morgan fingerprint density at radius 2 is 2.10 bits per heavy atom. The smallest absolute Gasteiger partial charge is 0.331 e. The number of nitrogens with zero attached hydrogens (tertiary/aromatic N) is 3. The number of rotatable bonds is 8. The average molecular weight is 397 g/mol. The molecule has 0 bridgehead atoms. The van der Waals surface area contributed by atoms with Crippen LogP contribution in [0.4, 0.5) is 0 Å². The fourth-order valence-electron chi connectivity index (χ4n) is 3.47. The molecule has 0 saturated heterocycles. The van der Waals surface area contributed by atoms with Crippen molar-refractivity contribution in [2.75, 3.05) is 13.7 Å². The molecule has 0 amide bonds. The zero-order valence-electron chi connectivity index (χ0n) is 17.5. The second-order valence-corrected chi connectivity index (χ2v) is 7.06. The van der Waals surface area contributed by atoms with E-state index in [2.05, 4.69) is 5.10 Å². The Labute approximate surface area is 170 Å². The lowest BCUT2D eigenvalue weighted by atomic mass is 10.1. The summed E-state index contributed by atoms with van der Waals surface area (Å²) in [4.78, 5) is 11.5. The minimum atomic E-state index is -0.915. The van der Waals surface area contributed by atoms with Crippen LogP contribution in [-0.2, 0) is 16.6 Å². The third kappa shape index (κ3) is 4.19. The molecule has 1 atom stereocenters. The largest absolute Gasteiger partial charge is 0.488 e. The number of fused-ring (bicyclic) bond motifs is 1. The highest BCUT2D eigenvalue weighted by atomic mass is 16.5. The van der Waals surface area contributed by atoms with Crippen molar-refractivity contribution in [2.24, 2.45) is 7.05 Å². The summed E-state index contributed by atoms with van der Waals surface area (Å²) in [6.45, 7) is 6.18. The molecule has 7 heteroatoms. The van der Waals surface area contributed by atoms with Crippen LogP contribution in [0.25, 0.3) is 22.8 Å². The first kappa shape index (κ1) is 20.7. The number of hydrogen-bond donors (Lipinski definition) is 1. The number of carbonyl (C=O) groups is 1. The number of ether oxygens (including phenoxy) is 2. The van der Waals surface area contributed by atoms with E-state index in [1.807, 2.05) is 62.8 Å². The number of hydrogen-bond acceptors (Lipinski definition) is 4. The van der Waals surface area contributed by atoms with Crippen LogP contribution in [0.3, 0.4) is 0 Å². The maximum atomic E-state index is 11.5. The molecule has 0 spiro atoms. The molecule has 1 N–H and O–H groups in total. The van der Waals surface area contributed by atoms with E-state index >= 15 is 0 Å². The summed E-state index contributed by atoms with van der Waals surface area (Å²) in [6.07, 6.45) is 4.05. The number of aryl methyl sites for hydroxylation is 2. The van der Waals surface area contributed by atoms with Gasteiger partial charge >= 0.3 is 5.97 Å². The normalized spacial score (nSPS) is 13.1. The molecular formula is C22H27N3O4. The second-order valence-electron chi connectivity index (χ2n) is 7.06. The van der Waals surface area contributed by atoms with Crippen LogP contribution in [0.15, 0.2) is 36.0 Å². The summed E-state index contributed by atoms with van der Waals surface area (Å²) in [6, 6.07) is 7.95. The number of benzene rings is 1. The van der Waals surface area contributed by atoms with Gasteiger partial charge in [0.15, 0.2) is 0 Å². The number of aromatic nitrogens is 3. The van der Waals surface area contributed by atoms with Gasteiger partial charge in [-0.2, -0.15) is 5.10 Å². The Bertz CT molecular complexity index is 1060. The van der Waals surface area contributed by atoms with Gasteiger partial charge in [-0.1, -0.05) is 6.92 Å². The molecule has 0 aliphatic carbocycles. The van der Waals surface area contributed by atoms with Crippen LogP contribution >= 0.6 is 0 Å². The highest BCUT2D eigenvalue weighted by Gasteiger charge is 2.18. The standard InChI is InChI=1S/C22H27N3O4/c1-6-16(22(26)27)11-19-15(3)23-24(4)21(19)25-10-9-17-7-8-18(12-20(17)25)29-14(2)13-28-5/h7-12,14H,6,13H2,1-5H3,(H,26,27)/b16-11+.